The molecule has 206 valence electrons. The van der Waals surface area contributed by atoms with Crippen LogP contribution >= 0.6 is 0 Å². The lowest BCUT2D eigenvalue weighted by Crippen LogP contribution is -2.54. The van der Waals surface area contributed by atoms with Crippen LogP contribution in [0, 0.1) is 23.2 Å². The highest BCUT2D eigenvalue weighted by molar-refractivity contribution is 5.74. The lowest BCUT2D eigenvalue weighted by molar-refractivity contribution is -0.142. The van der Waals surface area contributed by atoms with E-state index in [4.69, 9.17) is 4.74 Å². The molecule has 5 rings (SSSR count). The number of esters is 1. The van der Waals surface area contributed by atoms with E-state index in [0.29, 0.717) is 29.4 Å². The van der Waals surface area contributed by atoms with E-state index in [1.54, 1.807) is 0 Å². The number of fused-ring (bicyclic) bond motifs is 7. The van der Waals surface area contributed by atoms with E-state index in [1.165, 1.54) is 75.6 Å². The number of carbonyl (C=O) groups is 1. The van der Waals surface area contributed by atoms with Gasteiger partial charge in [0.1, 0.15) is 17.5 Å². The topological polar surface area (TPSA) is 70.0 Å². The Kier molecular flexibility index (Phi) is 7.94. The first-order valence-corrected chi connectivity index (χ1v) is 15.2. The number of rotatable bonds is 11. The summed E-state index contributed by atoms with van der Waals surface area (Å²) in [5.41, 5.74) is 1.44. The number of nitrogens with zero attached hydrogens (tertiary/aromatic N) is 1. The summed E-state index contributed by atoms with van der Waals surface area (Å²) in [6.45, 7) is 6.91. The lowest BCUT2D eigenvalue weighted by atomic mass is 9.49. The minimum absolute atomic E-state index is 0.157. The molecule has 5 heteroatoms. The summed E-state index contributed by atoms with van der Waals surface area (Å²) in [7, 11) is 2.26. The largest absolute Gasteiger partial charge is 0.508 e. The molecule has 0 amide bonds. The van der Waals surface area contributed by atoms with Crippen molar-refractivity contribution in [3.8, 4) is 5.75 Å². The van der Waals surface area contributed by atoms with Crippen molar-refractivity contribution in [2.24, 2.45) is 23.2 Å². The van der Waals surface area contributed by atoms with Gasteiger partial charge in [0.15, 0.2) is 0 Å². The molecule has 37 heavy (non-hydrogen) atoms. The molecule has 3 aliphatic carbocycles. The highest BCUT2D eigenvalue weighted by atomic mass is 16.6. The number of benzene rings is 1. The third-order valence-corrected chi connectivity index (χ3v) is 10.9. The third-order valence-electron chi connectivity index (χ3n) is 10.9. The van der Waals surface area contributed by atoms with Crippen molar-refractivity contribution in [3.05, 3.63) is 29.3 Å². The highest BCUT2D eigenvalue weighted by Gasteiger charge is 2.71. The molecule has 1 saturated heterocycles. The van der Waals surface area contributed by atoms with E-state index in [9.17, 15) is 15.0 Å². The number of carbonyl (C=O) groups excluding carboxylic acids is 1. The number of aryl methyl sites for hydroxylation is 1. The molecule has 4 aliphatic rings. The maximum Gasteiger partial charge on any atom is 0.309 e. The Morgan fingerprint density at radius 1 is 1.11 bits per heavy atom. The number of ether oxygens (including phenoxy) is 1. The summed E-state index contributed by atoms with van der Waals surface area (Å²) >= 11 is 0. The fourth-order valence-electron chi connectivity index (χ4n) is 8.99. The molecule has 1 aromatic rings. The van der Waals surface area contributed by atoms with Crippen LogP contribution in [0.1, 0.15) is 108 Å². The second kappa shape index (κ2) is 10.9. The number of phenols is 1. The first-order valence-electron chi connectivity index (χ1n) is 15.2. The standard InChI is InChI=1S/C32H49NO4/c1-4-5-6-9-16-33(3)17-10-7-8-11-23-20-31(2)27(19-28-32(31,36)21-29(35)37-28)26-14-12-22-18-24(34)13-15-25(22)30(23)26/h13,15,18,23,26-28,30,34,36H,4-12,14,16-17,19-21H2,1-3H3/t23-,26-,27-,28?,30+,31-,32+/m0/s1. The fourth-order valence-corrected chi connectivity index (χ4v) is 8.99. The molecular formula is C32H49NO4. The zero-order chi connectivity index (χ0) is 26.2. The smallest absolute Gasteiger partial charge is 0.309 e. The predicted octanol–water partition coefficient (Wildman–Crippen LogP) is 6.20. The molecule has 5 nitrogen and oxygen atoms in total. The van der Waals surface area contributed by atoms with Crippen molar-refractivity contribution in [3.63, 3.8) is 0 Å². The van der Waals surface area contributed by atoms with Crippen molar-refractivity contribution < 1.29 is 19.7 Å². The summed E-state index contributed by atoms with van der Waals surface area (Å²) in [4.78, 5) is 14.7. The molecule has 0 bridgehead atoms. The van der Waals surface area contributed by atoms with E-state index in [-0.39, 0.29) is 23.9 Å². The number of unbranched alkanes of at least 4 members (excludes halogenated alkanes) is 5. The van der Waals surface area contributed by atoms with Gasteiger partial charge in [-0.25, -0.2) is 0 Å². The van der Waals surface area contributed by atoms with Gasteiger partial charge in [0, 0.05) is 5.41 Å². The SMILES string of the molecule is CCCCCCN(C)CCCCC[C@H]1C[C@@]2(C)[C@@H](CC3OC(=O)C[C@@]32O)[C@@H]2CCc3cc(O)ccc3[C@@H]12. The number of aliphatic hydroxyl groups is 1. The minimum atomic E-state index is -1.02. The van der Waals surface area contributed by atoms with E-state index in [0.717, 1.165) is 25.7 Å². The van der Waals surface area contributed by atoms with Crippen LogP contribution in [0.5, 0.6) is 5.75 Å². The Labute approximate surface area is 224 Å². The van der Waals surface area contributed by atoms with Gasteiger partial charge in [-0.3, -0.25) is 4.79 Å². The molecule has 7 atom stereocenters. The molecule has 2 N–H and O–H groups in total. The van der Waals surface area contributed by atoms with E-state index >= 15 is 0 Å². The summed E-state index contributed by atoms with van der Waals surface area (Å²) in [5.74, 6) is 1.98. The fraction of sp³-hybridized carbons (Fsp3) is 0.781. The van der Waals surface area contributed by atoms with Crippen LogP contribution in [0.3, 0.4) is 0 Å². The van der Waals surface area contributed by atoms with Gasteiger partial charge in [0.25, 0.3) is 0 Å². The molecule has 1 unspecified atom stereocenters. The average molecular weight is 512 g/mol. The molecule has 0 radical (unpaired) electrons. The van der Waals surface area contributed by atoms with Crippen LogP contribution in [0.4, 0.5) is 0 Å². The van der Waals surface area contributed by atoms with Crippen molar-refractivity contribution in [2.45, 2.75) is 115 Å². The van der Waals surface area contributed by atoms with Crippen molar-refractivity contribution >= 4 is 5.97 Å². The Morgan fingerprint density at radius 3 is 2.62 bits per heavy atom. The zero-order valence-electron chi connectivity index (χ0n) is 23.4. The Morgan fingerprint density at radius 2 is 1.86 bits per heavy atom. The van der Waals surface area contributed by atoms with Gasteiger partial charge in [0.05, 0.1) is 6.42 Å². The van der Waals surface area contributed by atoms with Gasteiger partial charge in [-0.2, -0.15) is 0 Å². The molecule has 0 aromatic heterocycles. The first-order chi connectivity index (χ1) is 17.8. The maximum atomic E-state index is 12.2. The van der Waals surface area contributed by atoms with Gasteiger partial charge in [-0.1, -0.05) is 52.0 Å². The zero-order valence-corrected chi connectivity index (χ0v) is 23.4. The second-order valence-electron chi connectivity index (χ2n) is 13.1. The van der Waals surface area contributed by atoms with Crippen molar-refractivity contribution in [1.29, 1.82) is 0 Å². The summed E-state index contributed by atoms with van der Waals surface area (Å²) < 4.78 is 5.70. The predicted molar refractivity (Wildman–Crippen MR) is 147 cm³/mol. The van der Waals surface area contributed by atoms with Gasteiger partial charge < -0.3 is 19.8 Å². The average Bonchev–Trinajstić information content (AvgIpc) is 3.27. The molecule has 1 heterocycles. The maximum absolute atomic E-state index is 12.2. The summed E-state index contributed by atoms with van der Waals surface area (Å²) in [6, 6.07) is 6.02. The Balaban J connectivity index is 1.27. The minimum Gasteiger partial charge on any atom is -0.508 e. The van der Waals surface area contributed by atoms with Crippen LogP contribution in [-0.2, 0) is 16.0 Å². The Hall–Kier alpha value is -1.59. The number of aromatic hydroxyl groups is 1. The molecule has 3 fully saturated rings. The van der Waals surface area contributed by atoms with E-state index in [1.807, 2.05) is 12.1 Å². The van der Waals surface area contributed by atoms with E-state index < -0.39 is 5.60 Å². The summed E-state index contributed by atoms with van der Waals surface area (Å²) in [6.07, 6.45) is 13.8. The Bertz CT molecular complexity index is 964. The number of phenolic OH excluding ortho intramolecular Hbond substituents is 1. The number of hydrogen-bond acceptors (Lipinski definition) is 5. The molecular weight excluding hydrogens is 462 g/mol. The van der Waals surface area contributed by atoms with Gasteiger partial charge in [-0.05, 0) is 112 Å². The van der Waals surface area contributed by atoms with Gasteiger partial charge >= 0.3 is 5.97 Å². The molecule has 0 spiro atoms. The van der Waals surface area contributed by atoms with Crippen LogP contribution in [0.15, 0.2) is 18.2 Å². The van der Waals surface area contributed by atoms with E-state index in [2.05, 4.69) is 31.9 Å². The van der Waals surface area contributed by atoms with Gasteiger partial charge in [-0.15, -0.1) is 0 Å². The van der Waals surface area contributed by atoms with Crippen molar-refractivity contribution in [2.75, 3.05) is 20.1 Å². The summed E-state index contributed by atoms with van der Waals surface area (Å²) in [5, 5.41) is 22.0. The first kappa shape index (κ1) is 27.0. The molecule has 1 aromatic carbocycles. The van der Waals surface area contributed by atoms with Gasteiger partial charge in [0.2, 0.25) is 0 Å². The number of hydrogen-bond donors (Lipinski definition) is 2. The second-order valence-corrected chi connectivity index (χ2v) is 13.1. The van der Waals surface area contributed by atoms with Crippen LogP contribution in [-0.4, -0.2) is 52.9 Å². The van der Waals surface area contributed by atoms with Crippen LogP contribution in [0.2, 0.25) is 0 Å². The molecule has 2 saturated carbocycles. The third kappa shape index (κ3) is 4.95. The molecule has 1 aliphatic heterocycles. The monoisotopic (exact) mass is 511 g/mol. The lowest BCUT2D eigenvalue weighted by Gasteiger charge is -2.56. The normalized spacial score (nSPS) is 36.1. The van der Waals surface area contributed by atoms with Crippen LogP contribution in [0.25, 0.3) is 0 Å². The van der Waals surface area contributed by atoms with Crippen molar-refractivity contribution in [1.82, 2.24) is 4.90 Å². The van der Waals surface area contributed by atoms with Crippen LogP contribution < -0.4 is 0 Å². The highest BCUT2D eigenvalue weighted by Crippen LogP contribution is 2.68. The quantitative estimate of drug-likeness (QED) is 0.273.